The van der Waals surface area contributed by atoms with Gasteiger partial charge in [-0.2, -0.15) is 0 Å². The third-order valence-corrected chi connectivity index (χ3v) is 4.57. The first-order valence-electron chi connectivity index (χ1n) is 7.63. The van der Waals surface area contributed by atoms with E-state index in [0.29, 0.717) is 0 Å². The molecule has 0 aliphatic carbocycles. The first-order chi connectivity index (χ1) is 9.55. The maximum absolute atomic E-state index is 5.78. The fraction of sp³-hybridized carbons (Fsp3) is 0.647. The maximum Gasteiger partial charge on any atom is 0.119 e. The molecule has 0 saturated carbocycles. The number of rotatable bonds is 5. The monoisotopic (exact) mass is 276 g/mol. The van der Waals surface area contributed by atoms with Crippen molar-refractivity contribution >= 4 is 0 Å². The summed E-state index contributed by atoms with van der Waals surface area (Å²) in [6.45, 7) is 7.85. The Labute approximate surface area is 123 Å². The van der Waals surface area contributed by atoms with Crippen molar-refractivity contribution in [1.82, 2.24) is 4.90 Å². The molecule has 3 nitrogen and oxygen atoms in total. The van der Waals surface area contributed by atoms with Gasteiger partial charge in [-0.05, 0) is 76.4 Å². The molecule has 1 saturated heterocycles. The number of piperidine rings is 1. The largest absolute Gasteiger partial charge is 0.497 e. The average molecular weight is 276 g/mol. The molecular formula is C17H28N2O. The number of hydrogen-bond acceptors (Lipinski definition) is 3. The molecule has 0 spiro atoms. The lowest BCUT2D eigenvalue weighted by Gasteiger charge is -2.43. The van der Waals surface area contributed by atoms with Gasteiger partial charge in [-0.15, -0.1) is 0 Å². The summed E-state index contributed by atoms with van der Waals surface area (Å²) in [6, 6.07) is 8.42. The van der Waals surface area contributed by atoms with Gasteiger partial charge in [0.2, 0.25) is 0 Å². The number of ether oxygens (including phenoxy) is 1. The topological polar surface area (TPSA) is 38.5 Å². The summed E-state index contributed by atoms with van der Waals surface area (Å²) >= 11 is 0. The Kier molecular flexibility index (Phi) is 5.06. The van der Waals surface area contributed by atoms with Crippen molar-refractivity contribution in [3.63, 3.8) is 0 Å². The van der Waals surface area contributed by atoms with Crippen LogP contribution in [0.15, 0.2) is 24.3 Å². The molecule has 0 unspecified atom stereocenters. The van der Waals surface area contributed by atoms with Crippen LogP contribution >= 0.6 is 0 Å². The minimum atomic E-state index is 0.186. The molecule has 20 heavy (non-hydrogen) atoms. The van der Waals surface area contributed by atoms with Crippen molar-refractivity contribution in [2.24, 2.45) is 11.7 Å². The van der Waals surface area contributed by atoms with Crippen LogP contribution in [-0.2, 0) is 6.42 Å². The molecule has 1 aliphatic heterocycles. The van der Waals surface area contributed by atoms with Gasteiger partial charge in [0, 0.05) is 5.54 Å². The van der Waals surface area contributed by atoms with Gasteiger partial charge < -0.3 is 10.5 Å². The van der Waals surface area contributed by atoms with Crippen LogP contribution in [-0.4, -0.2) is 37.2 Å². The SMILES string of the molecule is COc1cccc(CC(C)(C)N2CCC(CN)CC2)c1. The van der Waals surface area contributed by atoms with Crippen molar-refractivity contribution in [3.8, 4) is 5.75 Å². The number of likely N-dealkylation sites (tertiary alicyclic amines) is 1. The Bertz CT molecular complexity index is 423. The fourth-order valence-electron chi connectivity index (χ4n) is 3.17. The third kappa shape index (κ3) is 3.74. The van der Waals surface area contributed by atoms with Gasteiger partial charge in [0.25, 0.3) is 0 Å². The molecule has 1 fully saturated rings. The Morgan fingerprint density at radius 3 is 2.60 bits per heavy atom. The highest BCUT2D eigenvalue weighted by Crippen LogP contribution is 2.27. The number of hydrogen-bond donors (Lipinski definition) is 1. The summed E-state index contributed by atoms with van der Waals surface area (Å²) < 4.78 is 5.32. The molecule has 1 aliphatic rings. The van der Waals surface area contributed by atoms with Crippen LogP contribution in [0.3, 0.4) is 0 Å². The Balaban J connectivity index is 1.99. The van der Waals surface area contributed by atoms with Crippen LogP contribution in [0, 0.1) is 5.92 Å². The van der Waals surface area contributed by atoms with E-state index in [4.69, 9.17) is 10.5 Å². The third-order valence-electron chi connectivity index (χ3n) is 4.57. The lowest BCUT2D eigenvalue weighted by atomic mass is 9.88. The van der Waals surface area contributed by atoms with Crippen LogP contribution in [0.2, 0.25) is 0 Å². The molecule has 1 heterocycles. The zero-order valence-electron chi connectivity index (χ0n) is 13.1. The average Bonchev–Trinajstić information content (AvgIpc) is 2.47. The molecular weight excluding hydrogens is 248 g/mol. The summed E-state index contributed by atoms with van der Waals surface area (Å²) in [6.07, 6.45) is 3.52. The summed E-state index contributed by atoms with van der Waals surface area (Å²) in [5.74, 6) is 1.67. The second kappa shape index (κ2) is 6.59. The van der Waals surface area contributed by atoms with E-state index in [9.17, 15) is 0 Å². The molecule has 0 bridgehead atoms. The lowest BCUT2D eigenvalue weighted by Crippen LogP contribution is -2.50. The van der Waals surface area contributed by atoms with Gasteiger partial charge in [-0.25, -0.2) is 0 Å². The maximum atomic E-state index is 5.78. The van der Waals surface area contributed by atoms with E-state index in [0.717, 1.165) is 24.6 Å². The highest BCUT2D eigenvalue weighted by atomic mass is 16.5. The Hall–Kier alpha value is -1.06. The van der Waals surface area contributed by atoms with Crippen molar-refractivity contribution in [1.29, 1.82) is 0 Å². The molecule has 0 atom stereocenters. The predicted molar refractivity (Wildman–Crippen MR) is 84.1 cm³/mol. The first-order valence-corrected chi connectivity index (χ1v) is 7.63. The van der Waals surface area contributed by atoms with Gasteiger partial charge in [0.1, 0.15) is 5.75 Å². The van der Waals surface area contributed by atoms with Crippen LogP contribution < -0.4 is 10.5 Å². The standard InChI is InChI=1S/C17H28N2O/c1-17(2,19-9-7-14(13-18)8-10-19)12-15-5-4-6-16(11-15)20-3/h4-6,11,14H,7-10,12-13,18H2,1-3H3. The summed E-state index contributed by atoms with van der Waals surface area (Å²) in [4.78, 5) is 2.61. The normalized spacial score (nSPS) is 18.2. The summed E-state index contributed by atoms with van der Waals surface area (Å²) in [5.41, 5.74) is 7.31. The summed E-state index contributed by atoms with van der Waals surface area (Å²) in [7, 11) is 1.72. The van der Waals surface area contributed by atoms with E-state index in [1.165, 1.54) is 31.5 Å². The Morgan fingerprint density at radius 1 is 1.30 bits per heavy atom. The molecule has 1 aromatic rings. The minimum Gasteiger partial charge on any atom is -0.497 e. The smallest absolute Gasteiger partial charge is 0.119 e. The number of nitrogens with zero attached hydrogens (tertiary/aromatic N) is 1. The first kappa shape index (κ1) is 15.3. The van der Waals surface area contributed by atoms with E-state index in [1.54, 1.807) is 7.11 Å². The molecule has 1 aromatic carbocycles. The van der Waals surface area contributed by atoms with Crippen molar-refractivity contribution in [2.75, 3.05) is 26.7 Å². The van der Waals surface area contributed by atoms with Gasteiger partial charge >= 0.3 is 0 Å². The van der Waals surface area contributed by atoms with Gasteiger partial charge in [-0.1, -0.05) is 12.1 Å². The Morgan fingerprint density at radius 2 is 2.00 bits per heavy atom. The van der Waals surface area contributed by atoms with Crippen LogP contribution in [0.25, 0.3) is 0 Å². The summed E-state index contributed by atoms with van der Waals surface area (Å²) in [5, 5.41) is 0. The number of nitrogens with two attached hydrogens (primary N) is 1. The van der Waals surface area contributed by atoms with Gasteiger partial charge in [-0.3, -0.25) is 4.90 Å². The van der Waals surface area contributed by atoms with Crippen LogP contribution in [0.4, 0.5) is 0 Å². The number of benzene rings is 1. The molecule has 3 heteroatoms. The molecule has 2 N–H and O–H groups in total. The van der Waals surface area contributed by atoms with Crippen molar-refractivity contribution < 1.29 is 4.74 Å². The van der Waals surface area contributed by atoms with E-state index >= 15 is 0 Å². The van der Waals surface area contributed by atoms with Crippen LogP contribution in [0.1, 0.15) is 32.3 Å². The molecule has 0 radical (unpaired) electrons. The van der Waals surface area contributed by atoms with Crippen molar-refractivity contribution in [3.05, 3.63) is 29.8 Å². The predicted octanol–water partition coefficient (Wildman–Crippen LogP) is 2.69. The lowest BCUT2D eigenvalue weighted by molar-refractivity contribution is 0.0764. The zero-order valence-corrected chi connectivity index (χ0v) is 13.1. The second-order valence-electron chi connectivity index (χ2n) is 6.51. The highest BCUT2D eigenvalue weighted by molar-refractivity contribution is 5.29. The van der Waals surface area contributed by atoms with Gasteiger partial charge in [0.05, 0.1) is 7.11 Å². The molecule has 0 aromatic heterocycles. The van der Waals surface area contributed by atoms with E-state index in [2.05, 4.69) is 36.9 Å². The van der Waals surface area contributed by atoms with Crippen molar-refractivity contribution in [2.45, 2.75) is 38.6 Å². The van der Waals surface area contributed by atoms with E-state index in [-0.39, 0.29) is 5.54 Å². The molecule has 112 valence electrons. The quantitative estimate of drug-likeness (QED) is 0.898. The highest BCUT2D eigenvalue weighted by Gasteiger charge is 2.30. The minimum absolute atomic E-state index is 0.186. The molecule has 0 amide bonds. The fourth-order valence-corrected chi connectivity index (χ4v) is 3.17. The second-order valence-corrected chi connectivity index (χ2v) is 6.51. The zero-order chi connectivity index (χ0) is 14.6. The van der Waals surface area contributed by atoms with E-state index < -0.39 is 0 Å². The van der Waals surface area contributed by atoms with Gasteiger partial charge in [0.15, 0.2) is 0 Å². The van der Waals surface area contributed by atoms with Crippen LogP contribution in [0.5, 0.6) is 5.75 Å². The molecule has 2 rings (SSSR count). The van der Waals surface area contributed by atoms with E-state index in [1.807, 2.05) is 6.07 Å². The number of methoxy groups -OCH3 is 1.